The molecule has 6 heteroatoms. The molecular weight excluding hydrogens is 476 g/mol. The molecule has 0 radical (unpaired) electrons. The van der Waals surface area contributed by atoms with Gasteiger partial charge in [0.15, 0.2) is 11.5 Å². The minimum atomic E-state index is -0.0263. The molecule has 0 amide bonds. The second-order valence-electron chi connectivity index (χ2n) is 10.3. The summed E-state index contributed by atoms with van der Waals surface area (Å²) in [5, 5.41) is 22.5. The van der Waals surface area contributed by atoms with Gasteiger partial charge in [0, 0.05) is 42.3 Å². The first kappa shape index (κ1) is 27.0. The number of hydrogen-bond donors (Lipinski definition) is 2. The third kappa shape index (κ3) is 5.30. The molecule has 200 valence electrons. The fourth-order valence-electron chi connectivity index (χ4n) is 4.97. The predicted molar refractivity (Wildman–Crippen MR) is 155 cm³/mol. The van der Waals surface area contributed by atoms with E-state index in [2.05, 4.69) is 37.5 Å². The Morgan fingerprint density at radius 3 is 1.50 bits per heavy atom. The first-order valence-electron chi connectivity index (χ1n) is 13.1. The van der Waals surface area contributed by atoms with Crippen LogP contribution in [-0.4, -0.2) is 37.5 Å². The maximum Gasteiger partial charge on any atom is 0.158 e. The molecule has 0 saturated heterocycles. The molecule has 0 saturated carbocycles. The molecular formula is C32H38N2O4. The number of allylic oxidation sites excluding steroid dienone is 1. The lowest BCUT2D eigenvalue weighted by atomic mass is 9.89. The summed E-state index contributed by atoms with van der Waals surface area (Å²) < 4.78 is 11.8. The van der Waals surface area contributed by atoms with Crippen LogP contribution in [0.25, 0.3) is 5.57 Å². The van der Waals surface area contributed by atoms with E-state index in [1.54, 1.807) is 26.4 Å². The van der Waals surface area contributed by atoms with E-state index in [4.69, 9.17) is 9.47 Å². The fourth-order valence-corrected chi connectivity index (χ4v) is 4.97. The van der Waals surface area contributed by atoms with E-state index < -0.39 is 0 Å². The lowest BCUT2D eigenvalue weighted by molar-refractivity contribution is 0.256. The Hall–Kier alpha value is -4.06. The number of phenolic OH excluding ortho intramolecular Hbond substituents is 2. The van der Waals surface area contributed by atoms with E-state index in [9.17, 15) is 10.2 Å². The van der Waals surface area contributed by atoms with Crippen molar-refractivity contribution >= 4 is 22.6 Å². The number of methoxy groups -OCH3 is 2. The molecule has 0 spiro atoms. The Kier molecular flexibility index (Phi) is 8.20. The number of ether oxygens (including phenoxy) is 2. The summed E-state index contributed by atoms with van der Waals surface area (Å²) in [5.41, 5.74) is 4.18. The van der Waals surface area contributed by atoms with E-state index in [1.165, 1.54) is 0 Å². The highest BCUT2D eigenvalue weighted by Crippen LogP contribution is 2.52. The Morgan fingerprint density at radius 2 is 1.11 bits per heavy atom. The lowest BCUT2D eigenvalue weighted by Gasteiger charge is -2.37. The Morgan fingerprint density at radius 1 is 0.658 bits per heavy atom. The highest BCUT2D eigenvalue weighted by atomic mass is 16.5. The monoisotopic (exact) mass is 514 g/mol. The maximum absolute atomic E-state index is 11.2. The van der Waals surface area contributed by atoms with Gasteiger partial charge in [-0.2, -0.15) is 0 Å². The fraction of sp³-hybridized carbons (Fsp3) is 0.312. The number of rotatable bonds is 11. The van der Waals surface area contributed by atoms with Gasteiger partial charge in [0.2, 0.25) is 0 Å². The lowest BCUT2D eigenvalue weighted by Crippen LogP contribution is -2.31. The van der Waals surface area contributed by atoms with Crippen molar-refractivity contribution in [3.8, 4) is 11.5 Å². The molecule has 38 heavy (non-hydrogen) atoms. The van der Waals surface area contributed by atoms with Gasteiger partial charge in [0.05, 0.1) is 25.4 Å². The molecule has 0 atom stereocenters. The van der Waals surface area contributed by atoms with Crippen LogP contribution in [0.4, 0.5) is 17.1 Å². The summed E-state index contributed by atoms with van der Waals surface area (Å²) in [6, 6.07) is 23.3. The van der Waals surface area contributed by atoms with Crippen molar-refractivity contribution in [3.63, 3.8) is 0 Å². The SMILES string of the molecule is COC1=C(c2c(O)cc(N(CC(C)C)CC(C)C)cc2O)C(OC)=C1N(c1ccccc1)c1ccccc1. The van der Waals surface area contributed by atoms with Gasteiger partial charge < -0.3 is 29.5 Å². The molecule has 1 aliphatic rings. The summed E-state index contributed by atoms with van der Waals surface area (Å²) in [6.07, 6.45) is 0. The number of benzene rings is 3. The topological polar surface area (TPSA) is 65.4 Å². The van der Waals surface area contributed by atoms with Gasteiger partial charge in [0.1, 0.15) is 17.2 Å². The number of para-hydroxylation sites is 2. The molecule has 3 aromatic carbocycles. The van der Waals surface area contributed by atoms with Gasteiger partial charge in [-0.15, -0.1) is 0 Å². The van der Waals surface area contributed by atoms with E-state index >= 15 is 0 Å². The van der Waals surface area contributed by atoms with Crippen LogP contribution in [0.1, 0.15) is 33.3 Å². The summed E-state index contributed by atoms with van der Waals surface area (Å²) in [6.45, 7) is 10.3. The molecule has 0 unspecified atom stereocenters. The second-order valence-corrected chi connectivity index (χ2v) is 10.3. The Balaban J connectivity index is 1.82. The molecule has 2 N–H and O–H groups in total. The van der Waals surface area contributed by atoms with E-state index in [-0.39, 0.29) is 11.5 Å². The zero-order valence-corrected chi connectivity index (χ0v) is 23.1. The number of aromatic hydroxyl groups is 2. The van der Waals surface area contributed by atoms with Gasteiger partial charge in [-0.05, 0) is 36.1 Å². The van der Waals surface area contributed by atoms with Crippen molar-refractivity contribution in [2.24, 2.45) is 11.8 Å². The van der Waals surface area contributed by atoms with Gasteiger partial charge in [-0.3, -0.25) is 0 Å². The summed E-state index contributed by atoms with van der Waals surface area (Å²) in [7, 11) is 3.18. The van der Waals surface area contributed by atoms with Crippen LogP contribution in [0.2, 0.25) is 0 Å². The summed E-state index contributed by atoms with van der Waals surface area (Å²) >= 11 is 0. The Labute approximate surface area is 226 Å². The highest BCUT2D eigenvalue weighted by Gasteiger charge is 2.40. The normalized spacial score (nSPS) is 13.2. The third-order valence-electron chi connectivity index (χ3n) is 6.41. The molecule has 0 aromatic heterocycles. The van der Waals surface area contributed by atoms with Crippen LogP contribution in [0, 0.1) is 11.8 Å². The maximum atomic E-state index is 11.2. The molecule has 0 heterocycles. The van der Waals surface area contributed by atoms with E-state index in [0.29, 0.717) is 40.2 Å². The predicted octanol–water partition coefficient (Wildman–Crippen LogP) is 7.28. The molecule has 0 aliphatic heterocycles. The zero-order valence-electron chi connectivity index (χ0n) is 23.1. The van der Waals surface area contributed by atoms with Crippen molar-refractivity contribution < 1.29 is 19.7 Å². The number of anilines is 3. The molecule has 4 rings (SSSR count). The molecule has 0 bridgehead atoms. The smallest absolute Gasteiger partial charge is 0.158 e. The molecule has 0 fully saturated rings. The van der Waals surface area contributed by atoms with E-state index in [0.717, 1.165) is 30.2 Å². The van der Waals surface area contributed by atoms with Crippen molar-refractivity contribution in [1.29, 1.82) is 0 Å². The molecule has 1 aliphatic carbocycles. The molecule has 3 aromatic rings. The van der Waals surface area contributed by atoms with Crippen molar-refractivity contribution in [2.75, 3.05) is 37.1 Å². The van der Waals surface area contributed by atoms with Crippen LogP contribution >= 0.6 is 0 Å². The second kappa shape index (κ2) is 11.5. The van der Waals surface area contributed by atoms with Crippen LogP contribution in [0.15, 0.2) is 90.0 Å². The molecule has 6 nitrogen and oxygen atoms in total. The summed E-state index contributed by atoms with van der Waals surface area (Å²) in [4.78, 5) is 4.26. The van der Waals surface area contributed by atoms with Crippen molar-refractivity contribution in [3.05, 3.63) is 95.6 Å². The number of hydrogen-bond acceptors (Lipinski definition) is 6. The highest BCUT2D eigenvalue weighted by molar-refractivity contribution is 5.97. The largest absolute Gasteiger partial charge is 0.507 e. The minimum absolute atomic E-state index is 0.0263. The quantitative estimate of drug-likeness (QED) is 0.280. The van der Waals surface area contributed by atoms with Crippen LogP contribution in [0.5, 0.6) is 11.5 Å². The van der Waals surface area contributed by atoms with E-state index in [1.807, 2.05) is 60.7 Å². The number of phenols is 2. The van der Waals surface area contributed by atoms with Gasteiger partial charge in [0.25, 0.3) is 0 Å². The zero-order chi connectivity index (χ0) is 27.4. The first-order chi connectivity index (χ1) is 18.3. The third-order valence-corrected chi connectivity index (χ3v) is 6.41. The van der Waals surface area contributed by atoms with Crippen LogP contribution < -0.4 is 9.80 Å². The average molecular weight is 515 g/mol. The Bertz CT molecular complexity index is 1240. The van der Waals surface area contributed by atoms with Crippen molar-refractivity contribution in [1.82, 2.24) is 0 Å². The van der Waals surface area contributed by atoms with Crippen LogP contribution in [-0.2, 0) is 9.47 Å². The first-order valence-corrected chi connectivity index (χ1v) is 13.1. The van der Waals surface area contributed by atoms with Gasteiger partial charge in [-0.1, -0.05) is 64.1 Å². The number of nitrogens with zero attached hydrogens (tertiary/aromatic N) is 2. The summed E-state index contributed by atoms with van der Waals surface area (Å²) in [5.74, 6) is 1.85. The average Bonchev–Trinajstić information content (AvgIpc) is 2.88. The minimum Gasteiger partial charge on any atom is -0.507 e. The van der Waals surface area contributed by atoms with Gasteiger partial charge in [-0.25, -0.2) is 0 Å². The van der Waals surface area contributed by atoms with Gasteiger partial charge >= 0.3 is 0 Å². The standard InChI is InChI=1S/C32H38N2O4/c1-21(2)19-33(20-22(3)4)25-17-26(35)28(27(36)18-25)29-31(37-5)30(32(29)38-6)34(23-13-9-7-10-14-23)24-15-11-8-12-16-24/h7-18,21-22,35-36H,19-20H2,1-6H3. The van der Waals surface area contributed by atoms with Crippen molar-refractivity contribution in [2.45, 2.75) is 27.7 Å². The van der Waals surface area contributed by atoms with Crippen LogP contribution in [0.3, 0.4) is 0 Å².